The lowest BCUT2D eigenvalue weighted by atomic mass is 9.97. The first kappa shape index (κ1) is 25.6. The minimum absolute atomic E-state index is 0.127. The number of hydrogen-bond donors (Lipinski definition) is 0. The summed E-state index contributed by atoms with van der Waals surface area (Å²) in [5.41, 5.74) is 2.88. The maximum Gasteiger partial charge on any atom is 0.430 e. The lowest BCUT2D eigenvalue weighted by Crippen LogP contribution is -2.73. The van der Waals surface area contributed by atoms with Crippen LogP contribution in [0.4, 0.5) is 9.59 Å². The van der Waals surface area contributed by atoms with Gasteiger partial charge in [0.15, 0.2) is 0 Å². The molecule has 3 aliphatic heterocycles. The van der Waals surface area contributed by atoms with E-state index in [1.165, 1.54) is 10.0 Å². The molecule has 198 valence electrons. The van der Waals surface area contributed by atoms with Gasteiger partial charge in [-0.3, -0.25) is 4.90 Å². The third-order valence-corrected chi connectivity index (χ3v) is 7.13. The molecule has 3 aliphatic rings. The van der Waals surface area contributed by atoms with Crippen LogP contribution in [0.5, 0.6) is 5.75 Å². The maximum absolute atomic E-state index is 13.5. The van der Waals surface area contributed by atoms with E-state index in [1.54, 1.807) is 7.11 Å². The fourth-order valence-corrected chi connectivity index (χ4v) is 5.24. The molecule has 0 spiro atoms. The topological polar surface area (TPSA) is 71.6 Å². The number of hydrazine groups is 1. The van der Waals surface area contributed by atoms with Gasteiger partial charge in [0.05, 0.1) is 13.2 Å². The summed E-state index contributed by atoms with van der Waals surface area (Å²) in [4.78, 5) is 29.1. The van der Waals surface area contributed by atoms with E-state index in [0.29, 0.717) is 6.54 Å². The first-order chi connectivity index (χ1) is 18.6. The Labute approximate surface area is 223 Å². The van der Waals surface area contributed by atoms with Gasteiger partial charge in [0.25, 0.3) is 0 Å². The van der Waals surface area contributed by atoms with Crippen LogP contribution in [-0.2, 0) is 29.1 Å². The van der Waals surface area contributed by atoms with Crippen LogP contribution in [0, 0.1) is 0 Å². The second-order valence-corrected chi connectivity index (χ2v) is 9.54. The van der Waals surface area contributed by atoms with Gasteiger partial charge in [-0.25, -0.2) is 14.6 Å². The first-order valence-corrected chi connectivity index (χ1v) is 13.0. The van der Waals surface area contributed by atoms with Crippen molar-refractivity contribution in [3.05, 3.63) is 102 Å². The number of para-hydroxylation sites is 1. The molecule has 0 radical (unpaired) electrons. The van der Waals surface area contributed by atoms with Gasteiger partial charge in [0.1, 0.15) is 25.1 Å². The summed E-state index contributed by atoms with van der Waals surface area (Å²) >= 11 is 0. The number of ether oxygens (including phenoxy) is 3. The van der Waals surface area contributed by atoms with Gasteiger partial charge < -0.3 is 14.2 Å². The first-order valence-electron chi connectivity index (χ1n) is 13.0. The zero-order chi connectivity index (χ0) is 26.3. The molecule has 2 amide bonds. The highest BCUT2D eigenvalue weighted by molar-refractivity contribution is 5.75. The predicted molar refractivity (Wildman–Crippen MR) is 142 cm³/mol. The number of hydrogen-bond acceptors (Lipinski definition) is 6. The molecular weight excluding hydrogens is 482 g/mol. The Hall–Kier alpha value is -4.04. The van der Waals surface area contributed by atoms with Crippen molar-refractivity contribution in [3.63, 3.8) is 0 Å². The lowest BCUT2D eigenvalue weighted by Gasteiger charge is -2.56. The number of amides is 2. The van der Waals surface area contributed by atoms with Crippen molar-refractivity contribution in [2.45, 2.75) is 44.7 Å². The zero-order valence-electron chi connectivity index (χ0n) is 21.6. The average Bonchev–Trinajstić information content (AvgIpc) is 2.98. The monoisotopic (exact) mass is 515 g/mol. The van der Waals surface area contributed by atoms with E-state index in [1.807, 2.05) is 78.9 Å². The molecule has 2 unspecified atom stereocenters. The van der Waals surface area contributed by atoms with Gasteiger partial charge in [-0.1, -0.05) is 78.9 Å². The molecule has 6 rings (SSSR count). The van der Waals surface area contributed by atoms with Crippen LogP contribution < -0.4 is 4.74 Å². The molecule has 3 aromatic carbocycles. The maximum atomic E-state index is 13.5. The van der Waals surface area contributed by atoms with E-state index >= 15 is 0 Å². The Morgan fingerprint density at radius 2 is 1.34 bits per heavy atom. The Balaban J connectivity index is 1.32. The Morgan fingerprint density at radius 3 is 1.97 bits per heavy atom. The highest BCUT2D eigenvalue weighted by Gasteiger charge is 2.50. The number of carbonyl (C=O) groups excluding carboxylic acids is 2. The molecule has 0 aliphatic carbocycles. The molecule has 8 heteroatoms. The number of carbonyl (C=O) groups is 2. The van der Waals surface area contributed by atoms with Crippen LogP contribution in [0.3, 0.4) is 0 Å². The molecule has 3 fully saturated rings. The smallest absolute Gasteiger partial charge is 0.430 e. The van der Waals surface area contributed by atoms with E-state index in [9.17, 15) is 9.59 Å². The quantitative estimate of drug-likeness (QED) is 0.409. The summed E-state index contributed by atoms with van der Waals surface area (Å²) < 4.78 is 16.9. The average molecular weight is 516 g/mol. The normalized spacial score (nSPS) is 18.8. The standard InChI is InChI=1S/C30H33N3O5/c1-36-27-15-9-8-14-25(27)18-19-31-20-26-16-17-28(31)33(30(35)38-22-24-12-6-3-7-13-24)32(26)29(34)37-21-23-10-4-2-5-11-23/h2-15,26,28H,16-22H2,1H3. The summed E-state index contributed by atoms with van der Waals surface area (Å²) in [6.45, 7) is 1.64. The van der Waals surface area contributed by atoms with Gasteiger partial charge >= 0.3 is 12.2 Å². The van der Waals surface area contributed by atoms with Gasteiger partial charge in [0.2, 0.25) is 0 Å². The summed E-state index contributed by atoms with van der Waals surface area (Å²) in [5.74, 6) is 0.847. The van der Waals surface area contributed by atoms with Crippen LogP contribution in [0.2, 0.25) is 0 Å². The van der Waals surface area contributed by atoms with Crippen molar-refractivity contribution >= 4 is 12.2 Å². The number of benzene rings is 3. The SMILES string of the molecule is COc1ccccc1CCN1CC2CCC1N(C(=O)OCc1ccccc1)N2C(=O)OCc1ccccc1. The summed E-state index contributed by atoms with van der Waals surface area (Å²) in [7, 11) is 1.67. The molecule has 0 saturated carbocycles. The number of methoxy groups -OCH3 is 1. The van der Waals surface area contributed by atoms with Gasteiger partial charge in [-0.05, 0) is 42.0 Å². The molecule has 38 heavy (non-hydrogen) atoms. The van der Waals surface area contributed by atoms with Crippen molar-refractivity contribution in [1.82, 2.24) is 14.9 Å². The van der Waals surface area contributed by atoms with E-state index in [4.69, 9.17) is 14.2 Å². The number of piperidine rings is 1. The highest BCUT2D eigenvalue weighted by Crippen LogP contribution is 2.34. The largest absolute Gasteiger partial charge is 0.496 e. The molecule has 2 atom stereocenters. The second kappa shape index (κ2) is 12.0. The Morgan fingerprint density at radius 1 is 0.763 bits per heavy atom. The van der Waals surface area contributed by atoms with Crippen molar-refractivity contribution in [2.75, 3.05) is 20.2 Å². The zero-order valence-corrected chi connectivity index (χ0v) is 21.6. The van der Waals surface area contributed by atoms with Gasteiger partial charge in [-0.2, -0.15) is 5.01 Å². The molecule has 3 aromatic rings. The van der Waals surface area contributed by atoms with Crippen LogP contribution in [0.15, 0.2) is 84.9 Å². The summed E-state index contributed by atoms with van der Waals surface area (Å²) in [5, 5.41) is 2.94. The summed E-state index contributed by atoms with van der Waals surface area (Å²) in [6.07, 6.45) is 0.908. The molecule has 0 N–H and O–H groups in total. The molecule has 2 bridgehead atoms. The summed E-state index contributed by atoms with van der Waals surface area (Å²) in [6, 6.07) is 26.8. The van der Waals surface area contributed by atoms with Gasteiger partial charge in [0, 0.05) is 13.1 Å². The van der Waals surface area contributed by atoms with Crippen molar-refractivity contribution in [3.8, 4) is 5.75 Å². The fraction of sp³-hybridized carbons (Fsp3) is 0.333. The lowest BCUT2D eigenvalue weighted by molar-refractivity contribution is -0.179. The minimum Gasteiger partial charge on any atom is -0.496 e. The third kappa shape index (κ3) is 5.75. The van der Waals surface area contributed by atoms with Crippen molar-refractivity contribution in [2.24, 2.45) is 0 Å². The molecule has 3 saturated heterocycles. The van der Waals surface area contributed by atoms with Crippen LogP contribution in [-0.4, -0.2) is 59.5 Å². The van der Waals surface area contributed by atoms with Crippen molar-refractivity contribution in [1.29, 1.82) is 0 Å². The number of nitrogens with zero attached hydrogens (tertiary/aromatic N) is 3. The van der Waals surface area contributed by atoms with Gasteiger partial charge in [-0.15, -0.1) is 0 Å². The third-order valence-electron chi connectivity index (χ3n) is 7.13. The van der Waals surface area contributed by atoms with Crippen LogP contribution in [0.1, 0.15) is 29.5 Å². The fourth-order valence-electron chi connectivity index (χ4n) is 5.24. The Kier molecular flexibility index (Phi) is 8.09. The van der Waals surface area contributed by atoms with E-state index in [0.717, 1.165) is 48.2 Å². The number of rotatable bonds is 8. The van der Waals surface area contributed by atoms with Crippen LogP contribution in [0.25, 0.3) is 0 Å². The molecule has 3 heterocycles. The predicted octanol–water partition coefficient (Wildman–Crippen LogP) is 5.23. The molecule has 8 nitrogen and oxygen atoms in total. The minimum atomic E-state index is -0.554. The van der Waals surface area contributed by atoms with Crippen molar-refractivity contribution < 1.29 is 23.8 Å². The molecule has 0 aromatic heterocycles. The molecular formula is C30H33N3O5. The van der Waals surface area contributed by atoms with Crippen LogP contribution >= 0.6 is 0 Å². The number of fused-ring (bicyclic) bond motifs is 3. The van der Waals surface area contributed by atoms with E-state index in [2.05, 4.69) is 11.0 Å². The second-order valence-electron chi connectivity index (χ2n) is 9.54. The highest BCUT2D eigenvalue weighted by atomic mass is 16.6. The van der Waals surface area contributed by atoms with E-state index < -0.39 is 12.2 Å². The Bertz CT molecular complexity index is 1220. The van der Waals surface area contributed by atoms with E-state index in [-0.39, 0.29) is 25.4 Å².